The first kappa shape index (κ1) is 16.6. The van der Waals surface area contributed by atoms with E-state index in [1.165, 1.54) is 19.9 Å². The van der Waals surface area contributed by atoms with Crippen LogP contribution in [0.5, 0.6) is 0 Å². The van der Waals surface area contributed by atoms with Crippen LogP contribution in [0.25, 0.3) is 0 Å². The third-order valence-corrected chi connectivity index (χ3v) is 4.80. The van der Waals surface area contributed by atoms with Gasteiger partial charge in [-0.15, -0.1) is 0 Å². The summed E-state index contributed by atoms with van der Waals surface area (Å²) in [6, 6.07) is 0. The van der Waals surface area contributed by atoms with E-state index in [0.29, 0.717) is 12.0 Å². The second-order valence-corrected chi connectivity index (χ2v) is 6.90. The van der Waals surface area contributed by atoms with Crippen LogP contribution in [-0.2, 0) is 19.1 Å². The summed E-state index contributed by atoms with van der Waals surface area (Å²) in [5.41, 5.74) is 0.293. The number of aliphatic hydroxyl groups excluding tert-OH is 1. The Morgan fingerprint density at radius 1 is 1.36 bits per heavy atom. The minimum absolute atomic E-state index is 0.225. The van der Waals surface area contributed by atoms with Gasteiger partial charge in [-0.2, -0.15) is 0 Å². The number of esters is 1. The second-order valence-electron chi connectivity index (χ2n) is 6.90. The fourth-order valence-corrected chi connectivity index (χ4v) is 3.61. The largest absolute Gasteiger partial charge is 0.450 e. The number of rotatable bonds is 1. The predicted octanol–water partition coefficient (Wildman–Crippen LogP) is 1.60. The van der Waals surface area contributed by atoms with Gasteiger partial charge in [0.25, 0.3) is 0 Å². The van der Waals surface area contributed by atoms with Gasteiger partial charge < -0.3 is 9.84 Å². The van der Waals surface area contributed by atoms with Gasteiger partial charge in [-0.25, -0.2) is 0 Å². The van der Waals surface area contributed by atoms with Gasteiger partial charge in [0.2, 0.25) is 5.78 Å². The minimum atomic E-state index is -1.18. The monoisotopic (exact) mass is 306 g/mol. The lowest BCUT2D eigenvalue weighted by atomic mass is 9.51. The van der Waals surface area contributed by atoms with Crippen molar-refractivity contribution in [3.8, 4) is 0 Å². The molecule has 0 bridgehead atoms. The lowest BCUT2D eigenvalue weighted by Gasteiger charge is -2.53. The van der Waals surface area contributed by atoms with Gasteiger partial charge in [0.1, 0.15) is 6.10 Å². The molecule has 0 radical (unpaired) electrons. The number of ketones is 2. The van der Waals surface area contributed by atoms with Crippen LogP contribution in [0.1, 0.15) is 34.1 Å². The Morgan fingerprint density at radius 2 is 1.95 bits per heavy atom. The zero-order chi connectivity index (χ0) is 16.8. The molecule has 2 rings (SSSR count). The van der Waals surface area contributed by atoms with Crippen LogP contribution in [-0.4, -0.2) is 34.9 Å². The molecule has 0 aromatic rings. The lowest BCUT2D eigenvalue weighted by molar-refractivity contribution is -0.150. The van der Waals surface area contributed by atoms with E-state index in [4.69, 9.17) is 4.74 Å². The number of fused-ring (bicyclic) bond motifs is 1. The topological polar surface area (TPSA) is 80.7 Å². The van der Waals surface area contributed by atoms with Gasteiger partial charge in [-0.05, 0) is 41.9 Å². The first-order chi connectivity index (χ1) is 10.1. The maximum absolute atomic E-state index is 12.5. The predicted molar refractivity (Wildman–Crippen MR) is 79.8 cm³/mol. The second kappa shape index (κ2) is 5.47. The van der Waals surface area contributed by atoms with E-state index in [2.05, 4.69) is 6.58 Å². The minimum Gasteiger partial charge on any atom is -0.450 e. The zero-order valence-corrected chi connectivity index (χ0v) is 13.4. The molecule has 1 N–H and O–H groups in total. The van der Waals surface area contributed by atoms with Crippen molar-refractivity contribution in [1.29, 1.82) is 0 Å². The Balaban J connectivity index is 2.45. The molecule has 0 heterocycles. The first-order valence-electron chi connectivity index (χ1n) is 7.37. The van der Waals surface area contributed by atoms with E-state index in [1.54, 1.807) is 0 Å². The summed E-state index contributed by atoms with van der Waals surface area (Å²) < 4.78 is 5.02. The Labute approximate surface area is 130 Å². The molecular formula is C17H22O5. The molecule has 5 nitrogen and oxygen atoms in total. The van der Waals surface area contributed by atoms with Crippen molar-refractivity contribution in [2.45, 2.75) is 46.3 Å². The van der Waals surface area contributed by atoms with Gasteiger partial charge >= 0.3 is 5.97 Å². The molecule has 2 aliphatic rings. The highest BCUT2D eigenvalue weighted by Crippen LogP contribution is 2.55. The number of hydrogen-bond acceptors (Lipinski definition) is 5. The molecule has 2 aliphatic carbocycles. The van der Waals surface area contributed by atoms with E-state index >= 15 is 0 Å². The average Bonchev–Trinajstić information content (AvgIpc) is 2.41. The molecule has 0 unspecified atom stereocenters. The Bertz CT molecular complexity index is 584. The quantitative estimate of drug-likeness (QED) is 0.588. The highest BCUT2D eigenvalue weighted by atomic mass is 16.5. The molecule has 0 aromatic heterocycles. The van der Waals surface area contributed by atoms with Crippen LogP contribution in [0.15, 0.2) is 23.8 Å². The van der Waals surface area contributed by atoms with Crippen LogP contribution in [0, 0.1) is 17.3 Å². The molecule has 0 amide bonds. The summed E-state index contributed by atoms with van der Waals surface area (Å²) in [5.74, 6) is -2.05. The number of carbonyl (C=O) groups is 3. The Morgan fingerprint density at radius 3 is 2.45 bits per heavy atom. The van der Waals surface area contributed by atoms with E-state index in [9.17, 15) is 19.5 Å². The Kier molecular flexibility index (Phi) is 4.13. The van der Waals surface area contributed by atoms with Gasteiger partial charge in [-0.3, -0.25) is 14.4 Å². The standard InChI is InChI=1S/C17H22O5/c1-8-6-12(22-10(3)18)15(20)9(2)11-7-17(4,5)13(11)16(21)14(8)19/h6,11-13,16,21H,2,7H2,1,3-5H3/b8-6+/t11-,12-,13+,16-/m1/s1. The summed E-state index contributed by atoms with van der Waals surface area (Å²) >= 11 is 0. The lowest BCUT2D eigenvalue weighted by Crippen LogP contribution is -2.54. The third kappa shape index (κ3) is 2.65. The van der Waals surface area contributed by atoms with Crippen molar-refractivity contribution in [3.63, 3.8) is 0 Å². The van der Waals surface area contributed by atoms with Gasteiger partial charge in [0.15, 0.2) is 11.9 Å². The van der Waals surface area contributed by atoms with Crippen molar-refractivity contribution >= 4 is 17.5 Å². The van der Waals surface area contributed by atoms with Crippen LogP contribution >= 0.6 is 0 Å². The van der Waals surface area contributed by atoms with Crippen LogP contribution in [0.3, 0.4) is 0 Å². The fraction of sp³-hybridized carbons (Fsp3) is 0.588. The van der Waals surface area contributed by atoms with Gasteiger partial charge in [0.05, 0.1) is 0 Å². The summed E-state index contributed by atoms with van der Waals surface area (Å²) in [5, 5.41) is 10.4. The molecule has 120 valence electrons. The van der Waals surface area contributed by atoms with E-state index < -0.39 is 29.7 Å². The molecule has 22 heavy (non-hydrogen) atoms. The van der Waals surface area contributed by atoms with E-state index in [1.807, 2.05) is 13.8 Å². The van der Waals surface area contributed by atoms with Crippen molar-refractivity contribution in [2.24, 2.45) is 17.3 Å². The molecule has 0 aromatic carbocycles. The number of hydrogen-bond donors (Lipinski definition) is 1. The number of ether oxygens (including phenoxy) is 1. The van der Waals surface area contributed by atoms with Crippen LogP contribution < -0.4 is 0 Å². The maximum atomic E-state index is 12.5. The number of carbonyl (C=O) groups excluding carboxylic acids is 3. The van der Waals surface area contributed by atoms with E-state index in [-0.39, 0.29) is 22.8 Å². The summed E-state index contributed by atoms with van der Waals surface area (Å²) in [7, 11) is 0. The summed E-state index contributed by atoms with van der Waals surface area (Å²) in [4.78, 5) is 36.1. The molecule has 0 aliphatic heterocycles. The Hall–Kier alpha value is -1.75. The van der Waals surface area contributed by atoms with Gasteiger partial charge in [-0.1, -0.05) is 20.4 Å². The molecule has 4 atom stereocenters. The molecule has 1 saturated carbocycles. The van der Waals surface area contributed by atoms with Crippen molar-refractivity contribution in [1.82, 2.24) is 0 Å². The summed E-state index contributed by atoms with van der Waals surface area (Å²) in [6.07, 6.45) is -0.356. The van der Waals surface area contributed by atoms with Crippen LogP contribution in [0.2, 0.25) is 0 Å². The molecule has 0 saturated heterocycles. The highest BCUT2D eigenvalue weighted by Gasteiger charge is 2.55. The third-order valence-electron chi connectivity index (χ3n) is 4.80. The highest BCUT2D eigenvalue weighted by molar-refractivity contribution is 6.05. The average molecular weight is 306 g/mol. The molecule has 1 fully saturated rings. The first-order valence-corrected chi connectivity index (χ1v) is 7.37. The normalized spacial score (nSPS) is 37.0. The zero-order valence-electron chi connectivity index (χ0n) is 13.4. The summed E-state index contributed by atoms with van der Waals surface area (Å²) in [6.45, 7) is 10.5. The molecular weight excluding hydrogens is 284 g/mol. The fourth-order valence-electron chi connectivity index (χ4n) is 3.61. The number of aliphatic hydroxyl groups is 1. The van der Waals surface area contributed by atoms with Crippen molar-refractivity contribution in [3.05, 3.63) is 23.8 Å². The van der Waals surface area contributed by atoms with Crippen LogP contribution in [0.4, 0.5) is 0 Å². The smallest absolute Gasteiger partial charge is 0.303 e. The van der Waals surface area contributed by atoms with Gasteiger partial charge in [0, 0.05) is 12.8 Å². The molecule has 0 spiro atoms. The number of Topliss-reactive ketones (excluding diaryl/α,β-unsaturated/α-hetero) is 2. The molecule has 5 heteroatoms. The SMILES string of the molecule is C=C1C(=O)[C@H](OC(C)=O)/C=C(\C)C(=O)[C@H](O)[C@@H]2[C@@H]1CC2(C)C. The van der Waals surface area contributed by atoms with E-state index in [0.717, 1.165) is 0 Å². The maximum Gasteiger partial charge on any atom is 0.303 e. The van der Waals surface area contributed by atoms with Crippen molar-refractivity contribution in [2.75, 3.05) is 0 Å². The van der Waals surface area contributed by atoms with Crippen molar-refractivity contribution < 1.29 is 24.2 Å².